The number of carboxylic acids is 1. The fourth-order valence-corrected chi connectivity index (χ4v) is 2.00. The van der Waals surface area contributed by atoms with Crippen molar-refractivity contribution in [2.75, 3.05) is 5.32 Å². The number of carbonyl (C=O) groups is 1. The van der Waals surface area contributed by atoms with Crippen molar-refractivity contribution in [2.24, 2.45) is 0 Å². The van der Waals surface area contributed by atoms with Gasteiger partial charge in [-0.3, -0.25) is 4.79 Å². The molecule has 0 aliphatic rings. The minimum atomic E-state index is -1.19. The normalized spacial score (nSPS) is 11.2. The van der Waals surface area contributed by atoms with Gasteiger partial charge in [0.05, 0.1) is 5.41 Å². The van der Waals surface area contributed by atoms with Gasteiger partial charge in [-0.05, 0) is 37.6 Å². The topological polar surface area (TPSA) is 49.3 Å². The molecule has 0 spiro atoms. The lowest BCUT2D eigenvalue weighted by Crippen LogP contribution is -2.29. The van der Waals surface area contributed by atoms with Gasteiger partial charge < -0.3 is 10.4 Å². The number of halogens is 2. The molecular weight excluding hydrogens is 276 g/mol. The molecule has 0 saturated carbocycles. The number of rotatable bonds is 4. The van der Waals surface area contributed by atoms with Gasteiger partial charge >= 0.3 is 5.97 Å². The Morgan fingerprint density at radius 3 is 2.19 bits per heavy atom. The van der Waals surface area contributed by atoms with Crippen molar-refractivity contribution in [1.29, 1.82) is 0 Å². The van der Waals surface area contributed by atoms with Crippen LogP contribution in [0.15, 0.2) is 42.5 Å². The fraction of sp³-hybridized carbons (Fsp3) is 0.188. The van der Waals surface area contributed by atoms with Gasteiger partial charge in [-0.2, -0.15) is 0 Å². The largest absolute Gasteiger partial charge is 0.481 e. The number of aliphatic carboxylic acids is 1. The number of benzene rings is 2. The van der Waals surface area contributed by atoms with E-state index in [1.165, 1.54) is 19.9 Å². The predicted octanol–water partition coefficient (Wildman–Crippen LogP) is 4.07. The lowest BCUT2D eigenvalue weighted by atomic mass is 9.83. The highest BCUT2D eigenvalue weighted by Gasteiger charge is 2.31. The Morgan fingerprint density at radius 1 is 1.05 bits per heavy atom. The first-order chi connectivity index (χ1) is 9.84. The number of hydrogen-bond acceptors (Lipinski definition) is 2. The van der Waals surface area contributed by atoms with E-state index in [1.54, 1.807) is 24.3 Å². The summed E-state index contributed by atoms with van der Waals surface area (Å²) in [6.45, 7) is 3.07. The highest BCUT2D eigenvalue weighted by Crippen LogP contribution is 2.33. The molecule has 0 unspecified atom stereocenters. The Morgan fingerprint density at radius 2 is 1.62 bits per heavy atom. The van der Waals surface area contributed by atoms with Crippen LogP contribution in [-0.4, -0.2) is 11.1 Å². The van der Waals surface area contributed by atoms with Crippen LogP contribution in [-0.2, 0) is 10.2 Å². The van der Waals surface area contributed by atoms with Crippen LogP contribution in [0.2, 0.25) is 0 Å². The van der Waals surface area contributed by atoms with E-state index in [2.05, 4.69) is 5.32 Å². The number of carboxylic acid groups (broad SMARTS) is 1. The maximum Gasteiger partial charge on any atom is 0.313 e. The molecule has 0 amide bonds. The zero-order valence-corrected chi connectivity index (χ0v) is 11.7. The first kappa shape index (κ1) is 15.0. The molecule has 0 aliphatic heterocycles. The smallest absolute Gasteiger partial charge is 0.313 e. The van der Waals surface area contributed by atoms with Gasteiger partial charge in [-0.25, -0.2) is 8.78 Å². The molecule has 0 bridgehead atoms. The van der Waals surface area contributed by atoms with Crippen molar-refractivity contribution in [3.05, 3.63) is 59.7 Å². The van der Waals surface area contributed by atoms with Gasteiger partial charge in [0.15, 0.2) is 0 Å². The Hall–Kier alpha value is -2.43. The fourth-order valence-electron chi connectivity index (χ4n) is 2.00. The third-order valence-electron chi connectivity index (χ3n) is 3.36. The Bertz CT molecular complexity index is 663. The van der Waals surface area contributed by atoms with Gasteiger partial charge in [-0.1, -0.05) is 24.3 Å². The third-order valence-corrected chi connectivity index (χ3v) is 3.36. The Balaban J connectivity index is 2.49. The molecule has 0 fully saturated rings. The highest BCUT2D eigenvalue weighted by molar-refractivity contribution is 5.83. The summed E-state index contributed by atoms with van der Waals surface area (Å²) in [6, 6.07) is 10.1. The monoisotopic (exact) mass is 291 g/mol. The summed E-state index contributed by atoms with van der Waals surface area (Å²) in [6.07, 6.45) is 0. The van der Waals surface area contributed by atoms with Gasteiger partial charge in [0, 0.05) is 5.69 Å². The van der Waals surface area contributed by atoms with Crippen LogP contribution >= 0.6 is 0 Å². The molecule has 0 radical (unpaired) electrons. The van der Waals surface area contributed by atoms with E-state index in [0.717, 1.165) is 12.1 Å². The molecule has 5 heteroatoms. The van der Waals surface area contributed by atoms with Crippen molar-refractivity contribution >= 4 is 17.3 Å². The minimum absolute atomic E-state index is 0.300. The zero-order valence-electron chi connectivity index (χ0n) is 11.7. The molecule has 21 heavy (non-hydrogen) atoms. The lowest BCUT2D eigenvalue weighted by molar-refractivity contribution is -0.142. The van der Waals surface area contributed by atoms with Crippen LogP contribution in [0.25, 0.3) is 0 Å². The van der Waals surface area contributed by atoms with Crippen LogP contribution in [0.3, 0.4) is 0 Å². The van der Waals surface area contributed by atoms with E-state index >= 15 is 0 Å². The highest BCUT2D eigenvalue weighted by atomic mass is 19.1. The number of anilines is 2. The Labute approximate surface area is 121 Å². The molecule has 0 aromatic heterocycles. The van der Waals surface area contributed by atoms with Gasteiger partial charge in [0.2, 0.25) is 0 Å². The van der Waals surface area contributed by atoms with Crippen LogP contribution in [0.4, 0.5) is 20.2 Å². The first-order valence-electron chi connectivity index (χ1n) is 6.38. The van der Waals surface area contributed by atoms with E-state index < -0.39 is 23.0 Å². The number of para-hydroxylation sites is 2. The molecule has 3 nitrogen and oxygen atoms in total. The van der Waals surface area contributed by atoms with Crippen molar-refractivity contribution in [1.82, 2.24) is 0 Å². The lowest BCUT2D eigenvalue weighted by Gasteiger charge is -2.23. The molecule has 2 aromatic rings. The maximum absolute atomic E-state index is 13.7. The molecule has 0 saturated heterocycles. The summed E-state index contributed by atoms with van der Waals surface area (Å²) in [5, 5.41) is 12.0. The Kier molecular flexibility index (Phi) is 3.93. The standard InChI is InChI=1S/C16H15F2NO2/c1-16(2,15(20)21)10-6-3-4-9-13(10)19-14-11(17)7-5-8-12(14)18/h3-9,19H,1-2H3,(H,20,21). The quantitative estimate of drug-likeness (QED) is 0.892. The zero-order chi connectivity index (χ0) is 15.6. The van der Waals surface area contributed by atoms with Crippen molar-refractivity contribution in [3.8, 4) is 0 Å². The summed E-state index contributed by atoms with van der Waals surface area (Å²) in [5.74, 6) is -2.50. The van der Waals surface area contributed by atoms with E-state index in [9.17, 15) is 18.7 Å². The van der Waals surface area contributed by atoms with E-state index in [0.29, 0.717) is 11.3 Å². The SMILES string of the molecule is CC(C)(C(=O)O)c1ccccc1Nc1c(F)cccc1F. The van der Waals surface area contributed by atoms with Crippen LogP contribution < -0.4 is 5.32 Å². The van der Waals surface area contributed by atoms with Crippen molar-refractivity contribution in [3.63, 3.8) is 0 Å². The molecule has 0 atom stereocenters. The average Bonchev–Trinajstić information content (AvgIpc) is 2.43. The van der Waals surface area contributed by atoms with E-state index in [-0.39, 0.29) is 5.69 Å². The second kappa shape index (κ2) is 5.52. The maximum atomic E-state index is 13.7. The number of hydrogen-bond donors (Lipinski definition) is 2. The second-order valence-corrected chi connectivity index (χ2v) is 5.20. The molecule has 2 aromatic carbocycles. The third kappa shape index (κ3) is 2.86. The molecule has 2 rings (SSSR count). The van der Waals surface area contributed by atoms with Crippen LogP contribution in [0.5, 0.6) is 0 Å². The van der Waals surface area contributed by atoms with Crippen molar-refractivity contribution in [2.45, 2.75) is 19.3 Å². The molecule has 2 N–H and O–H groups in total. The minimum Gasteiger partial charge on any atom is -0.481 e. The van der Waals surface area contributed by atoms with Crippen molar-refractivity contribution < 1.29 is 18.7 Å². The summed E-state index contributed by atoms with van der Waals surface area (Å²) >= 11 is 0. The molecule has 110 valence electrons. The molecular formula is C16H15F2NO2. The second-order valence-electron chi connectivity index (χ2n) is 5.20. The molecule has 0 aliphatic carbocycles. The van der Waals surface area contributed by atoms with E-state index in [1.807, 2.05) is 0 Å². The average molecular weight is 291 g/mol. The van der Waals surface area contributed by atoms with E-state index in [4.69, 9.17) is 0 Å². The van der Waals surface area contributed by atoms with Gasteiger partial charge in [0.25, 0.3) is 0 Å². The van der Waals surface area contributed by atoms with Crippen LogP contribution in [0.1, 0.15) is 19.4 Å². The summed E-state index contributed by atoms with van der Waals surface area (Å²) in [5.41, 5.74) is -0.689. The summed E-state index contributed by atoms with van der Waals surface area (Å²) in [7, 11) is 0. The summed E-state index contributed by atoms with van der Waals surface area (Å²) in [4.78, 5) is 11.4. The van der Waals surface area contributed by atoms with Crippen LogP contribution in [0, 0.1) is 11.6 Å². The summed E-state index contributed by atoms with van der Waals surface area (Å²) < 4.78 is 27.4. The molecule has 0 heterocycles. The predicted molar refractivity (Wildman–Crippen MR) is 76.7 cm³/mol. The number of nitrogens with one attached hydrogen (secondary N) is 1. The van der Waals surface area contributed by atoms with Gasteiger partial charge in [-0.15, -0.1) is 0 Å². The van der Waals surface area contributed by atoms with Gasteiger partial charge in [0.1, 0.15) is 17.3 Å². The first-order valence-corrected chi connectivity index (χ1v) is 6.38.